The molecule has 1 aliphatic carbocycles. The fourth-order valence-electron chi connectivity index (χ4n) is 5.79. The number of benzene rings is 1. The smallest absolute Gasteiger partial charge is 0.269 e. The highest BCUT2D eigenvalue weighted by Gasteiger charge is 2.69. The quantitative estimate of drug-likeness (QED) is 0.423. The molecule has 158 valence electrons. The van der Waals surface area contributed by atoms with E-state index < -0.39 is 28.9 Å². The van der Waals surface area contributed by atoms with E-state index in [9.17, 15) is 10.1 Å². The summed E-state index contributed by atoms with van der Waals surface area (Å²) in [5, 5.41) is 10.9. The molecule has 8 nitrogen and oxygen atoms in total. The fraction of sp³-hybridized carbons (Fsp3) is 0.714. The van der Waals surface area contributed by atoms with Crippen molar-refractivity contribution in [1.29, 1.82) is 0 Å². The molecule has 0 aromatic heterocycles. The molecule has 2 bridgehead atoms. The van der Waals surface area contributed by atoms with E-state index in [4.69, 9.17) is 24.0 Å². The second-order valence-corrected chi connectivity index (χ2v) is 9.14. The molecule has 5 aliphatic rings. The van der Waals surface area contributed by atoms with Crippen molar-refractivity contribution >= 4 is 5.69 Å². The zero-order valence-electron chi connectivity index (χ0n) is 16.9. The van der Waals surface area contributed by atoms with Gasteiger partial charge in [0.05, 0.1) is 4.92 Å². The molecule has 3 unspecified atom stereocenters. The summed E-state index contributed by atoms with van der Waals surface area (Å²) in [7, 11) is 0. The SMILES string of the molecule is C[C@@H]1CCC2[C@@H](C)[C@H](Oc3ccc([N+](=O)[O-])cc3)O[C@@H]3OC4(C)CCC1[C@@]23OO4. The highest BCUT2D eigenvalue weighted by atomic mass is 17.3. The molecule has 29 heavy (non-hydrogen) atoms. The van der Waals surface area contributed by atoms with Gasteiger partial charge in [0.1, 0.15) is 5.75 Å². The number of rotatable bonds is 3. The van der Waals surface area contributed by atoms with Crippen LogP contribution in [0.2, 0.25) is 0 Å². The Morgan fingerprint density at radius 1 is 1.10 bits per heavy atom. The maximum atomic E-state index is 10.9. The lowest BCUT2D eigenvalue weighted by atomic mass is 9.58. The first-order valence-corrected chi connectivity index (χ1v) is 10.4. The van der Waals surface area contributed by atoms with Crippen LogP contribution in [-0.4, -0.2) is 28.9 Å². The number of ether oxygens (including phenoxy) is 3. The molecule has 1 spiro atoms. The molecular formula is C21H27NO7. The van der Waals surface area contributed by atoms with E-state index >= 15 is 0 Å². The third kappa shape index (κ3) is 2.88. The molecule has 1 aromatic rings. The van der Waals surface area contributed by atoms with Crippen molar-refractivity contribution in [2.75, 3.05) is 0 Å². The normalized spacial score (nSPS) is 45.9. The van der Waals surface area contributed by atoms with Crippen LogP contribution in [0.4, 0.5) is 5.69 Å². The van der Waals surface area contributed by atoms with E-state index in [0.29, 0.717) is 17.6 Å². The van der Waals surface area contributed by atoms with Gasteiger partial charge in [0, 0.05) is 30.4 Å². The predicted octanol–water partition coefficient (Wildman–Crippen LogP) is 4.18. The van der Waals surface area contributed by atoms with Crippen LogP contribution in [0, 0.1) is 33.8 Å². The minimum atomic E-state index is -0.823. The van der Waals surface area contributed by atoms with E-state index in [1.807, 2.05) is 6.92 Å². The Bertz CT molecular complexity index is 801. The Morgan fingerprint density at radius 2 is 1.86 bits per heavy atom. The van der Waals surface area contributed by atoms with Crippen molar-refractivity contribution < 1.29 is 28.9 Å². The molecule has 4 saturated heterocycles. The predicted molar refractivity (Wildman–Crippen MR) is 101 cm³/mol. The molecule has 8 heteroatoms. The van der Waals surface area contributed by atoms with Crippen LogP contribution in [0.15, 0.2) is 24.3 Å². The van der Waals surface area contributed by atoms with Crippen molar-refractivity contribution in [3.8, 4) is 5.75 Å². The van der Waals surface area contributed by atoms with Crippen molar-refractivity contribution in [1.82, 2.24) is 0 Å². The van der Waals surface area contributed by atoms with Gasteiger partial charge in [-0.2, -0.15) is 0 Å². The topological polar surface area (TPSA) is 89.3 Å². The minimum absolute atomic E-state index is 0.0286. The lowest BCUT2D eigenvalue weighted by Gasteiger charge is -2.60. The minimum Gasteiger partial charge on any atom is -0.465 e. The van der Waals surface area contributed by atoms with Gasteiger partial charge in [-0.1, -0.05) is 13.8 Å². The Labute approximate surface area is 169 Å². The number of nitro groups is 1. The van der Waals surface area contributed by atoms with Gasteiger partial charge in [-0.15, -0.1) is 0 Å². The van der Waals surface area contributed by atoms with Crippen molar-refractivity contribution in [3.05, 3.63) is 34.4 Å². The van der Waals surface area contributed by atoms with E-state index in [1.165, 1.54) is 12.1 Å². The number of nitrogens with zero attached hydrogens (tertiary/aromatic N) is 1. The molecule has 0 radical (unpaired) electrons. The molecule has 0 N–H and O–H groups in total. The van der Waals surface area contributed by atoms with Crippen LogP contribution in [0.3, 0.4) is 0 Å². The maximum Gasteiger partial charge on any atom is 0.269 e. The van der Waals surface area contributed by atoms with Gasteiger partial charge in [-0.3, -0.25) is 10.1 Å². The first kappa shape index (κ1) is 19.2. The summed E-state index contributed by atoms with van der Waals surface area (Å²) < 4.78 is 18.8. The molecular weight excluding hydrogens is 378 g/mol. The number of hydrogen-bond acceptors (Lipinski definition) is 7. The van der Waals surface area contributed by atoms with Crippen LogP contribution >= 0.6 is 0 Å². The first-order valence-electron chi connectivity index (χ1n) is 10.4. The first-order chi connectivity index (χ1) is 13.8. The molecule has 4 heterocycles. The Balaban J connectivity index is 1.44. The van der Waals surface area contributed by atoms with Crippen molar-refractivity contribution in [3.63, 3.8) is 0 Å². The Hall–Kier alpha value is -1.74. The molecule has 6 rings (SSSR count). The summed E-state index contributed by atoms with van der Waals surface area (Å²) in [5.41, 5.74) is -0.594. The molecule has 8 atom stereocenters. The van der Waals surface area contributed by atoms with E-state index in [2.05, 4.69) is 13.8 Å². The van der Waals surface area contributed by atoms with Gasteiger partial charge in [0.2, 0.25) is 12.1 Å². The third-order valence-electron chi connectivity index (χ3n) is 7.40. The monoisotopic (exact) mass is 405 g/mol. The van der Waals surface area contributed by atoms with Gasteiger partial charge >= 0.3 is 0 Å². The summed E-state index contributed by atoms with van der Waals surface area (Å²) in [6, 6.07) is 6.08. The van der Waals surface area contributed by atoms with Crippen LogP contribution in [0.1, 0.15) is 46.5 Å². The fourth-order valence-corrected chi connectivity index (χ4v) is 5.79. The zero-order valence-corrected chi connectivity index (χ0v) is 16.9. The van der Waals surface area contributed by atoms with Gasteiger partial charge in [0.15, 0.2) is 11.9 Å². The molecule has 0 amide bonds. The maximum absolute atomic E-state index is 10.9. The summed E-state index contributed by atoms with van der Waals surface area (Å²) in [4.78, 5) is 22.4. The largest absolute Gasteiger partial charge is 0.465 e. The summed E-state index contributed by atoms with van der Waals surface area (Å²) in [6.07, 6.45) is 2.76. The standard InChI is InChI=1S/C21H27NO7/c1-12-4-9-17-13(2)18(25-15-7-5-14(6-8-15)22(23)24)26-19-21(17)16(12)10-11-20(3,27-19)28-29-21/h5-8,12-13,16-19H,4,9-11H2,1-3H3/t12-,13-,16?,17?,18-,19-,20?,21-/m1/s1. The van der Waals surface area contributed by atoms with Gasteiger partial charge < -0.3 is 14.2 Å². The van der Waals surface area contributed by atoms with Gasteiger partial charge in [-0.25, -0.2) is 9.78 Å². The van der Waals surface area contributed by atoms with Crippen LogP contribution in [-0.2, 0) is 19.2 Å². The number of hydrogen-bond donors (Lipinski definition) is 0. The number of non-ortho nitro benzene ring substituents is 1. The van der Waals surface area contributed by atoms with Crippen LogP contribution < -0.4 is 4.74 Å². The van der Waals surface area contributed by atoms with Gasteiger partial charge in [-0.05, 0) is 50.2 Å². The molecule has 1 saturated carbocycles. The van der Waals surface area contributed by atoms with Gasteiger partial charge in [0.25, 0.3) is 5.69 Å². The molecule has 1 aromatic carbocycles. The van der Waals surface area contributed by atoms with Crippen molar-refractivity contribution in [2.24, 2.45) is 23.7 Å². The summed E-state index contributed by atoms with van der Waals surface area (Å²) in [5.74, 6) is 0.740. The Kier molecular flexibility index (Phi) is 4.40. The van der Waals surface area contributed by atoms with E-state index in [-0.39, 0.29) is 17.5 Å². The van der Waals surface area contributed by atoms with Crippen LogP contribution in [0.5, 0.6) is 5.75 Å². The lowest BCUT2D eigenvalue weighted by Crippen LogP contribution is -2.70. The average molecular weight is 405 g/mol. The molecule has 5 fully saturated rings. The second-order valence-electron chi connectivity index (χ2n) is 9.14. The van der Waals surface area contributed by atoms with E-state index in [0.717, 1.165) is 25.7 Å². The third-order valence-corrected chi connectivity index (χ3v) is 7.40. The van der Waals surface area contributed by atoms with Crippen LogP contribution in [0.25, 0.3) is 0 Å². The van der Waals surface area contributed by atoms with E-state index in [1.54, 1.807) is 12.1 Å². The number of nitro benzene ring substituents is 1. The average Bonchev–Trinajstić information content (AvgIpc) is 2.92. The van der Waals surface area contributed by atoms with Crippen molar-refractivity contribution in [2.45, 2.75) is 70.4 Å². The number of fused-ring (bicyclic) bond motifs is 2. The summed E-state index contributed by atoms with van der Waals surface area (Å²) in [6.45, 7) is 6.28. The Morgan fingerprint density at radius 3 is 2.59 bits per heavy atom. The highest BCUT2D eigenvalue weighted by molar-refractivity contribution is 5.36. The zero-order chi connectivity index (χ0) is 20.4. The molecule has 4 aliphatic heterocycles. The highest BCUT2D eigenvalue weighted by Crippen LogP contribution is 2.60. The summed E-state index contributed by atoms with van der Waals surface area (Å²) >= 11 is 0. The lowest BCUT2D eigenvalue weighted by molar-refractivity contribution is -0.575. The second kappa shape index (κ2) is 6.63.